The van der Waals surface area contributed by atoms with Gasteiger partial charge in [0.15, 0.2) is 5.25 Å². The molecule has 0 saturated heterocycles. The van der Waals surface area contributed by atoms with Crippen molar-refractivity contribution in [2.75, 3.05) is 6.54 Å². The van der Waals surface area contributed by atoms with Crippen LogP contribution in [-0.2, 0) is 24.5 Å². The van der Waals surface area contributed by atoms with Gasteiger partial charge in [-0.2, -0.15) is 8.42 Å². The van der Waals surface area contributed by atoms with Crippen LogP contribution in [0.2, 0.25) is 0 Å². The molecule has 0 saturated carbocycles. The molecule has 1 unspecified atom stereocenters. The Hall–Kier alpha value is -1.45. The summed E-state index contributed by atoms with van der Waals surface area (Å²) in [6.45, 7) is 3.34. The molecule has 0 aliphatic rings. The summed E-state index contributed by atoms with van der Waals surface area (Å²) in [5, 5.41) is 6.20. The van der Waals surface area contributed by atoms with E-state index in [0.29, 0.717) is 0 Å². The maximum absolute atomic E-state index is 11.1. The molecule has 16 heavy (non-hydrogen) atoms. The van der Waals surface area contributed by atoms with E-state index in [-0.39, 0.29) is 6.54 Å². The highest BCUT2D eigenvalue weighted by Crippen LogP contribution is 2.06. The minimum atomic E-state index is -4.82. The Kier molecular flexibility index (Phi) is 5.64. The maximum Gasteiger partial charge on any atom is 0.346 e. The first-order chi connectivity index (χ1) is 7.29. The molecule has 1 atom stereocenters. The smallest absolute Gasteiger partial charge is 0.346 e. The summed E-state index contributed by atoms with van der Waals surface area (Å²) in [7, 11) is -4.82. The van der Waals surface area contributed by atoms with Crippen molar-refractivity contribution in [3.05, 3.63) is 12.7 Å². The normalized spacial score (nSPS) is 12.8. The molecule has 0 heterocycles. The molecular formula is C7H11NO7S. The molecule has 3 N–H and O–H groups in total. The van der Waals surface area contributed by atoms with Crippen LogP contribution in [0.15, 0.2) is 12.7 Å². The van der Waals surface area contributed by atoms with Gasteiger partial charge in [-0.05, 0) is 0 Å². The van der Waals surface area contributed by atoms with Gasteiger partial charge in [0, 0.05) is 6.54 Å². The van der Waals surface area contributed by atoms with E-state index in [4.69, 9.17) is 9.66 Å². The Morgan fingerprint density at radius 3 is 2.44 bits per heavy atom. The van der Waals surface area contributed by atoms with Gasteiger partial charge in [0.25, 0.3) is 10.1 Å². The molecule has 0 aromatic heterocycles. The van der Waals surface area contributed by atoms with Crippen molar-refractivity contribution in [1.29, 1.82) is 0 Å². The number of hydrogen-bond donors (Lipinski definition) is 3. The van der Waals surface area contributed by atoms with Gasteiger partial charge in [0.2, 0.25) is 0 Å². The minimum absolute atomic E-state index is 0.0526. The highest BCUT2D eigenvalue weighted by Gasteiger charge is 2.35. The molecule has 92 valence electrons. The fraction of sp³-hybridized carbons (Fsp3) is 0.429. The van der Waals surface area contributed by atoms with Crippen LogP contribution in [0.4, 0.5) is 0 Å². The molecule has 9 heteroatoms. The zero-order valence-electron chi connectivity index (χ0n) is 8.12. The van der Waals surface area contributed by atoms with Gasteiger partial charge in [-0.1, -0.05) is 6.08 Å². The third-order valence-corrected chi connectivity index (χ3v) is 2.46. The third-order valence-electron chi connectivity index (χ3n) is 1.38. The van der Waals surface area contributed by atoms with Gasteiger partial charge in [-0.15, -0.1) is 12.1 Å². The van der Waals surface area contributed by atoms with Crippen molar-refractivity contribution >= 4 is 22.1 Å². The summed E-state index contributed by atoms with van der Waals surface area (Å²) in [5.41, 5.74) is 2.02. The lowest BCUT2D eigenvalue weighted by Crippen LogP contribution is -2.37. The van der Waals surface area contributed by atoms with Crippen LogP contribution in [0.25, 0.3) is 0 Å². The summed E-state index contributed by atoms with van der Waals surface area (Å²) in [6.07, 6.45) is 0.250. The van der Waals surface area contributed by atoms with Crippen molar-refractivity contribution in [2.45, 2.75) is 11.7 Å². The van der Waals surface area contributed by atoms with Crippen LogP contribution in [-0.4, -0.2) is 41.8 Å². The maximum atomic E-state index is 11.1. The number of nitrogens with one attached hydrogen (secondary N) is 1. The first-order valence-electron chi connectivity index (χ1n) is 4.01. The second kappa shape index (κ2) is 6.20. The molecule has 0 rings (SSSR count). The summed E-state index contributed by atoms with van der Waals surface area (Å²) in [6, 6.07) is 0. The predicted octanol–water partition coefficient (Wildman–Crippen LogP) is -1.05. The van der Waals surface area contributed by atoms with Crippen LogP contribution in [0.1, 0.15) is 6.42 Å². The lowest BCUT2D eigenvalue weighted by Gasteiger charge is -2.10. The predicted molar refractivity (Wildman–Crippen MR) is 51.9 cm³/mol. The zero-order chi connectivity index (χ0) is 12.8. The highest BCUT2D eigenvalue weighted by atomic mass is 32.2. The average Bonchev–Trinajstić information content (AvgIpc) is 2.12. The van der Waals surface area contributed by atoms with E-state index in [1.54, 1.807) is 0 Å². The van der Waals surface area contributed by atoms with Crippen molar-refractivity contribution in [3.8, 4) is 0 Å². The Morgan fingerprint density at radius 2 is 2.06 bits per heavy atom. The SMILES string of the molecule is C=CCNOC(=O)C(CC(=O)O)S(=O)(=O)O. The van der Waals surface area contributed by atoms with Crippen LogP contribution in [0.3, 0.4) is 0 Å². The van der Waals surface area contributed by atoms with E-state index in [9.17, 15) is 18.0 Å². The summed E-state index contributed by atoms with van der Waals surface area (Å²) in [4.78, 5) is 25.6. The highest BCUT2D eigenvalue weighted by molar-refractivity contribution is 7.87. The standard InChI is InChI=1S/C7H11NO7S/c1-2-3-8-15-7(11)5(4-6(9)10)16(12,13)14/h2,5,8H,1,3-4H2,(H,9,10)(H,12,13,14). The van der Waals surface area contributed by atoms with E-state index in [1.165, 1.54) is 6.08 Å². The number of carbonyl (C=O) groups excluding carboxylic acids is 1. The third kappa shape index (κ3) is 5.44. The number of hydrogen-bond acceptors (Lipinski definition) is 6. The molecular weight excluding hydrogens is 242 g/mol. The Labute approximate surface area is 91.6 Å². The molecule has 0 aromatic carbocycles. The Balaban J connectivity index is 4.58. The lowest BCUT2D eigenvalue weighted by atomic mass is 10.3. The van der Waals surface area contributed by atoms with E-state index < -0.39 is 33.7 Å². The first kappa shape index (κ1) is 14.6. The van der Waals surface area contributed by atoms with Crippen molar-refractivity contribution < 1.29 is 32.5 Å². The fourth-order valence-corrected chi connectivity index (χ4v) is 1.35. The number of carboxylic acids is 1. The second-order valence-corrected chi connectivity index (χ2v) is 4.26. The van der Waals surface area contributed by atoms with Crippen LogP contribution >= 0.6 is 0 Å². The molecule has 0 aromatic rings. The Bertz CT molecular complexity index is 374. The van der Waals surface area contributed by atoms with Crippen LogP contribution in [0.5, 0.6) is 0 Å². The minimum Gasteiger partial charge on any atom is -0.481 e. The summed E-state index contributed by atoms with van der Waals surface area (Å²) < 4.78 is 30.0. The van der Waals surface area contributed by atoms with Gasteiger partial charge in [0.1, 0.15) is 0 Å². The van der Waals surface area contributed by atoms with Gasteiger partial charge in [0.05, 0.1) is 6.42 Å². The van der Waals surface area contributed by atoms with E-state index >= 15 is 0 Å². The molecule has 0 fully saturated rings. The summed E-state index contributed by atoms with van der Waals surface area (Å²) >= 11 is 0. The molecule has 0 radical (unpaired) electrons. The molecule has 0 spiro atoms. The molecule has 0 aliphatic carbocycles. The van der Waals surface area contributed by atoms with Gasteiger partial charge in [-0.25, -0.2) is 4.79 Å². The fourth-order valence-electron chi connectivity index (χ4n) is 0.706. The van der Waals surface area contributed by atoms with Crippen molar-refractivity contribution in [3.63, 3.8) is 0 Å². The van der Waals surface area contributed by atoms with E-state index in [1.807, 2.05) is 5.48 Å². The monoisotopic (exact) mass is 253 g/mol. The molecule has 8 nitrogen and oxygen atoms in total. The molecule has 0 bridgehead atoms. The molecule has 0 amide bonds. The second-order valence-electron chi connectivity index (χ2n) is 2.66. The Morgan fingerprint density at radius 1 is 1.50 bits per heavy atom. The number of hydroxylamine groups is 1. The largest absolute Gasteiger partial charge is 0.481 e. The van der Waals surface area contributed by atoms with Crippen LogP contribution in [0, 0.1) is 0 Å². The van der Waals surface area contributed by atoms with Gasteiger partial charge in [-0.3, -0.25) is 9.35 Å². The van der Waals surface area contributed by atoms with Gasteiger partial charge < -0.3 is 9.94 Å². The van der Waals surface area contributed by atoms with Crippen LogP contribution < -0.4 is 5.48 Å². The van der Waals surface area contributed by atoms with Gasteiger partial charge >= 0.3 is 11.9 Å². The quantitative estimate of drug-likeness (QED) is 0.227. The summed E-state index contributed by atoms with van der Waals surface area (Å²) in [5.74, 6) is -2.95. The lowest BCUT2D eigenvalue weighted by molar-refractivity contribution is -0.152. The van der Waals surface area contributed by atoms with E-state index in [2.05, 4.69) is 11.4 Å². The number of carboxylic acid groups (broad SMARTS) is 1. The van der Waals surface area contributed by atoms with Crippen molar-refractivity contribution in [1.82, 2.24) is 5.48 Å². The van der Waals surface area contributed by atoms with E-state index in [0.717, 1.165) is 0 Å². The van der Waals surface area contributed by atoms with Crippen molar-refractivity contribution in [2.24, 2.45) is 0 Å². The number of rotatable bonds is 7. The number of aliphatic carboxylic acids is 1. The zero-order valence-corrected chi connectivity index (χ0v) is 8.94. The molecule has 0 aliphatic heterocycles. The topological polar surface area (TPSA) is 130 Å². The number of carbonyl (C=O) groups is 2. The average molecular weight is 253 g/mol. The first-order valence-corrected chi connectivity index (χ1v) is 5.52.